The van der Waals surface area contributed by atoms with E-state index in [0.29, 0.717) is 6.42 Å². The Morgan fingerprint density at radius 2 is 2.53 bits per heavy atom. The van der Waals surface area contributed by atoms with Gasteiger partial charge in [-0.2, -0.15) is 0 Å². The van der Waals surface area contributed by atoms with Gasteiger partial charge in [0.05, 0.1) is 17.9 Å². The van der Waals surface area contributed by atoms with Crippen molar-refractivity contribution in [2.24, 2.45) is 5.73 Å². The highest BCUT2D eigenvalue weighted by Crippen LogP contribution is 2.10. The predicted molar refractivity (Wildman–Crippen MR) is 60.4 cm³/mol. The van der Waals surface area contributed by atoms with E-state index in [2.05, 4.69) is 11.6 Å². The van der Waals surface area contributed by atoms with Gasteiger partial charge in [-0.1, -0.05) is 6.08 Å². The molecule has 0 aliphatic heterocycles. The van der Waals surface area contributed by atoms with Crippen LogP contribution in [0.5, 0.6) is 0 Å². The maximum absolute atomic E-state index is 11.8. The summed E-state index contributed by atoms with van der Waals surface area (Å²) in [6, 6.07) is 3.05. The standard InChI is InChI=1S/C11H15N3O/c1-3-5-10(12)11(15)14(2)9-6-4-7-13-8-9/h3-4,6-8,10H,1,5,12H2,2H3. The monoisotopic (exact) mass is 205 g/mol. The van der Waals surface area contributed by atoms with E-state index in [-0.39, 0.29) is 5.91 Å². The van der Waals surface area contributed by atoms with Crippen LogP contribution in [0.25, 0.3) is 0 Å². The van der Waals surface area contributed by atoms with Crippen molar-refractivity contribution in [3.05, 3.63) is 37.2 Å². The van der Waals surface area contributed by atoms with Crippen molar-refractivity contribution >= 4 is 11.6 Å². The maximum Gasteiger partial charge on any atom is 0.243 e. The van der Waals surface area contributed by atoms with Crippen LogP contribution < -0.4 is 10.6 Å². The van der Waals surface area contributed by atoms with Gasteiger partial charge >= 0.3 is 0 Å². The molecule has 0 saturated heterocycles. The average Bonchev–Trinajstić information content (AvgIpc) is 2.28. The lowest BCUT2D eigenvalue weighted by atomic mass is 10.2. The van der Waals surface area contributed by atoms with Crippen molar-refractivity contribution in [3.8, 4) is 0 Å². The molecule has 1 rings (SSSR count). The zero-order chi connectivity index (χ0) is 11.3. The Morgan fingerprint density at radius 3 is 3.07 bits per heavy atom. The summed E-state index contributed by atoms with van der Waals surface area (Å²) in [6.07, 6.45) is 5.40. The highest BCUT2D eigenvalue weighted by Gasteiger charge is 2.17. The molecule has 0 radical (unpaired) electrons. The number of aromatic nitrogens is 1. The Bertz CT molecular complexity index is 337. The first-order valence-electron chi connectivity index (χ1n) is 4.71. The summed E-state index contributed by atoms with van der Waals surface area (Å²) < 4.78 is 0. The third-order valence-corrected chi connectivity index (χ3v) is 2.10. The summed E-state index contributed by atoms with van der Waals surface area (Å²) >= 11 is 0. The molecule has 0 aromatic carbocycles. The Balaban J connectivity index is 2.72. The largest absolute Gasteiger partial charge is 0.320 e. The van der Waals surface area contributed by atoms with Crippen molar-refractivity contribution in [2.75, 3.05) is 11.9 Å². The topological polar surface area (TPSA) is 59.2 Å². The van der Waals surface area contributed by atoms with Gasteiger partial charge in [-0.15, -0.1) is 6.58 Å². The summed E-state index contributed by atoms with van der Waals surface area (Å²) in [5.74, 6) is -0.136. The highest BCUT2D eigenvalue weighted by molar-refractivity contribution is 5.96. The third-order valence-electron chi connectivity index (χ3n) is 2.10. The normalized spacial score (nSPS) is 11.9. The van der Waals surface area contributed by atoms with Crippen LogP contribution in [-0.2, 0) is 4.79 Å². The minimum absolute atomic E-state index is 0.136. The molecule has 0 fully saturated rings. The van der Waals surface area contributed by atoms with Crippen LogP contribution in [0.3, 0.4) is 0 Å². The van der Waals surface area contributed by atoms with Crippen molar-refractivity contribution in [2.45, 2.75) is 12.5 Å². The van der Waals surface area contributed by atoms with Crippen molar-refractivity contribution < 1.29 is 4.79 Å². The van der Waals surface area contributed by atoms with E-state index in [0.717, 1.165) is 5.69 Å². The van der Waals surface area contributed by atoms with Crippen LogP contribution in [0.15, 0.2) is 37.2 Å². The molecule has 0 saturated carbocycles. The smallest absolute Gasteiger partial charge is 0.243 e. The van der Waals surface area contributed by atoms with Gasteiger partial charge in [-0.05, 0) is 18.6 Å². The molecule has 1 amide bonds. The van der Waals surface area contributed by atoms with E-state index in [1.54, 1.807) is 31.6 Å². The zero-order valence-electron chi connectivity index (χ0n) is 8.76. The molecule has 0 spiro atoms. The van der Waals surface area contributed by atoms with Gasteiger partial charge in [0, 0.05) is 13.2 Å². The Kier molecular flexibility index (Phi) is 4.00. The van der Waals surface area contributed by atoms with Crippen LogP contribution in [0.4, 0.5) is 5.69 Å². The van der Waals surface area contributed by atoms with Crippen molar-refractivity contribution in [1.29, 1.82) is 0 Å². The molecule has 1 heterocycles. The first kappa shape index (κ1) is 11.4. The number of carbonyl (C=O) groups excluding carboxylic acids is 1. The van der Waals surface area contributed by atoms with E-state index in [1.807, 2.05) is 6.07 Å². The minimum Gasteiger partial charge on any atom is -0.320 e. The van der Waals surface area contributed by atoms with E-state index in [1.165, 1.54) is 4.90 Å². The molecule has 4 nitrogen and oxygen atoms in total. The van der Waals surface area contributed by atoms with Crippen LogP contribution in [0.2, 0.25) is 0 Å². The summed E-state index contributed by atoms with van der Waals surface area (Å²) in [5, 5.41) is 0. The zero-order valence-corrected chi connectivity index (χ0v) is 8.76. The summed E-state index contributed by atoms with van der Waals surface area (Å²) in [4.78, 5) is 17.2. The SMILES string of the molecule is C=CCC(N)C(=O)N(C)c1cccnc1. The number of amides is 1. The van der Waals surface area contributed by atoms with Gasteiger partial charge < -0.3 is 10.6 Å². The van der Waals surface area contributed by atoms with Gasteiger partial charge in [-0.25, -0.2) is 0 Å². The lowest BCUT2D eigenvalue weighted by molar-refractivity contribution is -0.119. The quantitative estimate of drug-likeness (QED) is 0.744. The van der Waals surface area contributed by atoms with E-state index in [4.69, 9.17) is 5.73 Å². The van der Waals surface area contributed by atoms with Crippen LogP contribution in [-0.4, -0.2) is 24.0 Å². The first-order valence-corrected chi connectivity index (χ1v) is 4.71. The fourth-order valence-corrected chi connectivity index (χ4v) is 1.21. The number of hydrogen-bond acceptors (Lipinski definition) is 3. The number of pyridine rings is 1. The molecule has 1 aromatic heterocycles. The third kappa shape index (κ3) is 2.89. The molecular weight excluding hydrogens is 190 g/mol. The fraction of sp³-hybridized carbons (Fsp3) is 0.273. The second-order valence-electron chi connectivity index (χ2n) is 3.24. The molecule has 0 bridgehead atoms. The molecule has 0 aliphatic carbocycles. The molecule has 1 unspecified atom stereocenters. The lowest BCUT2D eigenvalue weighted by Gasteiger charge is -2.20. The lowest BCUT2D eigenvalue weighted by Crippen LogP contribution is -2.41. The number of likely N-dealkylation sites (N-methyl/N-ethyl adjacent to an activating group) is 1. The number of nitrogens with two attached hydrogens (primary N) is 1. The average molecular weight is 205 g/mol. The van der Waals surface area contributed by atoms with E-state index >= 15 is 0 Å². The fourth-order valence-electron chi connectivity index (χ4n) is 1.21. The second kappa shape index (κ2) is 5.26. The Morgan fingerprint density at radius 1 is 1.80 bits per heavy atom. The van der Waals surface area contributed by atoms with Gasteiger partial charge in [0.15, 0.2) is 0 Å². The molecule has 4 heteroatoms. The summed E-state index contributed by atoms with van der Waals surface area (Å²) in [6.45, 7) is 3.55. The summed E-state index contributed by atoms with van der Waals surface area (Å²) in [7, 11) is 1.68. The molecular formula is C11H15N3O. The number of hydrogen-bond donors (Lipinski definition) is 1. The minimum atomic E-state index is -0.535. The number of anilines is 1. The van der Waals surface area contributed by atoms with Crippen LogP contribution >= 0.6 is 0 Å². The predicted octanol–water partition coefficient (Wildman–Crippen LogP) is 0.948. The number of rotatable bonds is 4. The molecule has 1 aromatic rings. The van der Waals surface area contributed by atoms with E-state index in [9.17, 15) is 4.79 Å². The second-order valence-corrected chi connectivity index (χ2v) is 3.24. The molecule has 2 N–H and O–H groups in total. The van der Waals surface area contributed by atoms with Gasteiger partial charge in [-0.3, -0.25) is 9.78 Å². The van der Waals surface area contributed by atoms with E-state index < -0.39 is 6.04 Å². The van der Waals surface area contributed by atoms with Gasteiger partial charge in [0.25, 0.3) is 0 Å². The first-order chi connectivity index (χ1) is 7.16. The molecule has 80 valence electrons. The summed E-state index contributed by atoms with van der Waals surface area (Å²) in [5.41, 5.74) is 6.42. The number of carbonyl (C=O) groups is 1. The van der Waals surface area contributed by atoms with Gasteiger partial charge in [0.1, 0.15) is 0 Å². The van der Waals surface area contributed by atoms with Crippen LogP contribution in [0.1, 0.15) is 6.42 Å². The Labute approximate surface area is 89.4 Å². The molecule has 0 aliphatic rings. The molecule has 1 atom stereocenters. The molecule has 15 heavy (non-hydrogen) atoms. The van der Waals surface area contributed by atoms with Crippen LogP contribution in [0, 0.1) is 0 Å². The van der Waals surface area contributed by atoms with Crippen molar-refractivity contribution in [1.82, 2.24) is 4.98 Å². The Hall–Kier alpha value is -1.68. The number of nitrogens with zero attached hydrogens (tertiary/aromatic N) is 2. The highest BCUT2D eigenvalue weighted by atomic mass is 16.2. The van der Waals surface area contributed by atoms with Gasteiger partial charge in [0.2, 0.25) is 5.91 Å². The van der Waals surface area contributed by atoms with Crippen molar-refractivity contribution in [3.63, 3.8) is 0 Å². The maximum atomic E-state index is 11.8.